The topological polar surface area (TPSA) is 0 Å². The van der Waals surface area contributed by atoms with E-state index in [-0.39, 0.29) is 0 Å². The molecule has 2 unspecified atom stereocenters. The molecule has 0 spiro atoms. The molecule has 0 radical (unpaired) electrons. The quantitative estimate of drug-likeness (QED) is 0.405. The van der Waals surface area contributed by atoms with Crippen LogP contribution in [0.3, 0.4) is 0 Å². The molecule has 2 atom stereocenters. The van der Waals surface area contributed by atoms with Gasteiger partial charge in [0.2, 0.25) is 0 Å². The predicted molar refractivity (Wildman–Crippen MR) is 23.7 cm³/mol. The molecule has 0 saturated carbocycles. The molecule has 0 amide bonds. The smallest absolute Gasteiger partial charge is 0.0954 e. The van der Waals surface area contributed by atoms with Crippen LogP contribution in [0.25, 0.3) is 0 Å². The van der Waals surface area contributed by atoms with Gasteiger partial charge in [-0.25, -0.2) is 4.20 Å². The number of rotatable bonds is 0. The van der Waals surface area contributed by atoms with Crippen LogP contribution in [0.1, 0.15) is 0 Å². The lowest BCUT2D eigenvalue weighted by atomic mass is 12.0. The van der Waals surface area contributed by atoms with Gasteiger partial charge >= 0.3 is 0 Å². The molecular formula is CH5FP2. The predicted octanol–water partition coefficient (Wildman–Crippen LogP) is 1.77. The first-order valence-electron chi connectivity index (χ1n) is 0.874. The third kappa shape index (κ3) is 14.3. The Labute approximate surface area is 28.8 Å². The summed E-state index contributed by atoms with van der Waals surface area (Å²) in [7, 11) is 0.852. The van der Waals surface area contributed by atoms with Crippen LogP contribution in [0.4, 0.5) is 4.20 Å². The molecular weight excluding hydrogens is 93.0 g/mol. The highest BCUT2D eigenvalue weighted by Gasteiger charge is 1.73. The number of hydrogen-bond acceptors (Lipinski definition) is 0. The van der Waals surface area contributed by atoms with E-state index in [0.717, 1.165) is 0 Å². The SMILES string of the molecule is CP(F)P. The first-order chi connectivity index (χ1) is 1.73. The van der Waals surface area contributed by atoms with Crippen LogP contribution in [0.5, 0.6) is 0 Å². The van der Waals surface area contributed by atoms with E-state index in [1.807, 2.05) is 0 Å². The van der Waals surface area contributed by atoms with Crippen molar-refractivity contribution >= 4 is 16.8 Å². The number of halogens is 1. The van der Waals surface area contributed by atoms with Gasteiger partial charge in [0.15, 0.2) is 0 Å². The van der Waals surface area contributed by atoms with Crippen molar-refractivity contribution in [1.29, 1.82) is 0 Å². The normalized spacial score (nSPS) is 15.8. The monoisotopic (exact) mass is 98.0 g/mol. The van der Waals surface area contributed by atoms with Crippen molar-refractivity contribution in [2.45, 2.75) is 0 Å². The van der Waals surface area contributed by atoms with Crippen LogP contribution in [0.2, 0.25) is 0 Å². The van der Waals surface area contributed by atoms with Gasteiger partial charge in [-0.3, -0.25) is 0 Å². The third-order valence-corrected chi connectivity index (χ3v) is 0. The average Bonchev–Trinajstić information content (AvgIpc) is 0.811. The van der Waals surface area contributed by atoms with E-state index < -0.39 is 7.92 Å². The van der Waals surface area contributed by atoms with Crippen LogP contribution in [0, 0.1) is 0 Å². The Kier molecular flexibility index (Phi) is 2.46. The summed E-state index contributed by atoms with van der Waals surface area (Å²) in [5.41, 5.74) is 0. The fraction of sp³-hybridized carbons (Fsp3) is 1.00. The maximum absolute atomic E-state index is 11.0. The van der Waals surface area contributed by atoms with Crippen molar-refractivity contribution < 1.29 is 4.20 Å². The maximum Gasteiger partial charge on any atom is 0.0954 e. The molecule has 0 aliphatic heterocycles. The van der Waals surface area contributed by atoms with E-state index in [2.05, 4.69) is 8.93 Å². The zero-order chi connectivity index (χ0) is 3.58. The van der Waals surface area contributed by atoms with Gasteiger partial charge in [0.05, 0.1) is 7.92 Å². The van der Waals surface area contributed by atoms with Crippen molar-refractivity contribution in [2.24, 2.45) is 0 Å². The van der Waals surface area contributed by atoms with Crippen molar-refractivity contribution in [1.82, 2.24) is 0 Å². The van der Waals surface area contributed by atoms with E-state index in [0.29, 0.717) is 0 Å². The summed E-state index contributed by atoms with van der Waals surface area (Å²) in [6.07, 6.45) is 0. The minimum absolute atomic E-state index is 1.20. The summed E-state index contributed by atoms with van der Waals surface area (Å²) >= 11 is 0. The van der Waals surface area contributed by atoms with Gasteiger partial charge in [0, 0.05) is 0 Å². The van der Waals surface area contributed by atoms with Gasteiger partial charge in [-0.1, -0.05) is 8.93 Å². The second kappa shape index (κ2) is 2.05. The zero-order valence-corrected chi connectivity index (χ0v) is 4.45. The molecule has 0 aromatic heterocycles. The molecule has 0 bridgehead atoms. The van der Waals surface area contributed by atoms with Gasteiger partial charge < -0.3 is 0 Å². The third-order valence-electron chi connectivity index (χ3n) is 0. The van der Waals surface area contributed by atoms with Gasteiger partial charge in [0.25, 0.3) is 0 Å². The molecule has 0 aromatic carbocycles. The highest BCUT2D eigenvalue weighted by atomic mass is 32.0. The molecule has 0 nitrogen and oxygen atoms in total. The Morgan fingerprint density at radius 3 is 2.00 bits per heavy atom. The zero-order valence-electron chi connectivity index (χ0n) is 2.40. The standard InChI is InChI=1S/CH5FP2/c1-4(2)3/h3H2,1H3. The fourth-order valence-corrected chi connectivity index (χ4v) is 0. The van der Waals surface area contributed by atoms with Crippen LogP contribution in [0.15, 0.2) is 0 Å². The molecule has 0 aromatic rings. The van der Waals surface area contributed by atoms with Gasteiger partial charge in [-0.15, -0.1) is 0 Å². The molecule has 0 heterocycles. The molecule has 0 aliphatic carbocycles. The summed E-state index contributed by atoms with van der Waals surface area (Å²) in [6, 6.07) is 0. The molecule has 26 valence electrons. The van der Waals surface area contributed by atoms with E-state index in [1.54, 1.807) is 0 Å². The molecule has 4 heavy (non-hydrogen) atoms. The summed E-state index contributed by atoms with van der Waals surface area (Å²) in [5, 5.41) is 0. The van der Waals surface area contributed by atoms with Gasteiger partial charge in [0.1, 0.15) is 0 Å². The molecule has 0 N–H and O–H groups in total. The Morgan fingerprint density at radius 2 is 2.00 bits per heavy atom. The Bertz CT molecular complexity index is 10.8. The Morgan fingerprint density at radius 1 is 2.00 bits per heavy atom. The fourth-order valence-electron chi connectivity index (χ4n) is 0. The minimum Gasteiger partial charge on any atom is -0.223 e. The number of hydrogen-bond donors (Lipinski definition) is 0. The second-order valence-electron chi connectivity index (χ2n) is 0.525. The van der Waals surface area contributed by atoms with Crippen LogP contribution < -0.4 is 0 Å². The molecule has 0 saturated heterocycles. The van der Waals surface area contributed by atoms with Crippen LogP contribution >= 0.6 is 16.8 Å². The second-order valence-corrected chi connectivity index (χ2v) is 3.71. The van der Waals surface area contributed by atoms with Crippen LogP contribution in [-0.4, -0.2) is 6.66 Å². The lowest BCUT2D eigenvalue weighted by Gasteiger charge is -1.74. The Hall–Kier alpha value is 0.790. The largest absolute Gasteiger partial charge is 0.223 e. The van der Waals surface area contributed by atoms with Crippen molar-refractivity contribution in [3.8, 4) is 0 Å². The minimum atomic E-state index is -1.20. The lowest BCUT2D eigenvalue weighted by molar-refractivity contribution is 0.919. The summed E-state index contributed by atoms with van der Waals surface area (Å²) < 4.78 is 11.0. The van der Waals surface area contributed by atoms with Crippen molar-refractivity contribution in [3.05, 3.63) is 0 Å². The van der Waals surface area contributed by atoms with Crippen LogP contribution in [-0.2, 0) is 0 Å². The molecule has 0 rings (SSSR count). The summed E-state index contributed by atoms with van der Waals surface area (Å²) in [5.74, 6) is 0. The van der Waals surface area contributed by atoms with Gasteiger partial charge in [-0.05, 0) is 6.66 Å². The average molecular weight is 98.0 g/mol. The highest BCUT2D eigenvalue weighted by Crippen LogP contribution is 2.40. The first-order valence-corrected chi connectivity index (χ1v) is 4.17. The summed E-state index contributed by atoms with van der Waals surface area (Å²) in [4.78, 5) is 0. The maximum atomic E-state index is 11.0. The molecule has 0 fully saturated rings. The van der Waals surface area contributed by atoms with E-state index in [9.17, 15) is 4.20 Å². The lowest BCUT2D eigenvalue weighted by Crippen LogP contribution is -1.22. The van der Waals surface area contributed by atoms with E-state index >= 15 is 0 Å². The highest BCUT2D eigenvalue weighted by molar-refractivity contribution is 8.10. The van der Waals surface area contributed by atoms with Crippen molar-refractivity contribution in [2.75, 3.05) is 6.66 Å². The van der Waals surface area contributed by atoms with Crippen molar-refractivity contribution in [3.63, 3.8) is 0 Å². The van der Waals surface area contributed by atoms with E-state index in [1.165, 1.54) is 6.66 Å². The summed E-state index contributed by atoms with van der Waals surface area (Å²) in [6.45, 7) is 1.53. The first kappa shape index (κ1) is 4.79. The van der Waals surface area contributed by atoms with Gasteiger partial charge in [-0.2, -0.15) is 0 Å². The van der Waals surface area contributed by atoms with E-state index in [4.69, 9.17) is 0 Å². The molecule has 0 aliphatic rings. The Balaban J connectivity index is 2.32. The molecule has 3 heteroatoms.